The second-order valence-electron chi connectivity index (χ2n) is 14.0. The van der Waals surface area contributed by atoms with Gasteiger partial charge in [0, 0.05) is 32.1 Å². The molecular weight excluding hydrogens is 800 g/mol. The number of hydrogen-bond acceptors (Lipinski definition) is 10. The van der Waals surface area contributed by atoms with Crippen LogP contribution in [0.25, 0.3) is 0 Å². The minimum atomic E-state index is -2.83. The van der Waals surface area contributed by atoms with E-state index in [1.807, 2.05) is 0 Å². The van der Waals surface area contributed by atoms with Crippen LogP contribution in [-0.4, -0.2) is 62.4 Å². The highest BCUT2D eigenvalue weighted by atomic mass is 35.5. The summed E-state index contributed by atoms with van der Waals surface area (Å²) in [4.78, 5) is 75.3. The number of rotatable bonds is 6. The summed E-state index contributed by atoms with van der Waals surface area (Å²) in [5.74, 6) is -24.0. The summed E-state index contributed by atoms with van der Waals surface area (Å²) >= 11 is 14.2. The molecule has 0 aromatic heterocycles. The van der Waals surface area contributed by atoms with Crippen molar-refractivity contribution in [3.63, 3.8) is 0 Å². The molecule has 21 heteroatoms. The van der Waals surface area contributed by atoms with Crippen LogP contribution in [0, 0.1) is 74.0 Å². The summed E-state index contributed by atoms with van der Waals surface area (Å²) in [5.41, 5.74) is -4.21. The van der Waals surface area contributed by atoms with Crippen LogP contribution in [0.2, 0.25) is 0 Å². The molecule has 1 N–H and O–H groups in total. The van der Waals surface area contributed by atoms with Crippen LogP contribution in [0.1, 0.15) is 29.9 Å². The van der Waals surface area contributed by atoms with Crippen LogP contribution in [0.5, 0.6) is 5.75 Å². The normalized spacial score (nSPS) is 26.9. The number of nitrogens with zero attached hydrogens (tertiary/aromatic N) is 5. The number of nitro groups is 2. The van der Waals surface area contributed by atoms with Crippen LogP contribution in [0.15, 0.2) is 42.0 Å². The number of carbonyl (C=O) groups excluding carboxylic acids is 4. The molecule has 6 atom stereocenters. The van der Waals surface area contributed by atoms with E-state index >= 15 is 8.78 Å². The number of benzene rings is 3. The third-order valence-electron chi connectivity index (χ3n) is 10.9. The van der Waals surface area contributed by atoms with Gasteiger partial charge in [0.2, 0.25) is 17.6 Å². The fourth-order valence-electron chi connectivity index (χ4n) is 8.51. The second kappa shape index (κ2) is 12.7. The van der Waals surface area contributed by atoms with Gasteiger partial charge in [-0.25, -0.2) is 31.8 Å². The molecule has 2 heterocycles. The number of hydrogen-bond donors (Lipinski definition) is 1. The molecule has 14 nitrogen and oxygen atoms in total. The predicted molar refractivity (Wildman–Crippen MR) is 186 cm³/mol. The van der Waals surface area contributed by atoms with E-state index in [-0.39, 0.29) is 33.8 Å². The number of anilines is 3. The van der Waals surface area contributed by atoms with Gasteiger partial charge in [-0.3, -0.25) is 39.4 Å². The Morgan fingerprint density at radius 2 is 1.38 bits per heavy atom. The van der Waals surface area contributed by atoms with E-state index in [1.54, 1.807) is 0 Å². The van der Waals surface area contributed by atoms with Crippen LogP contribution < -0.4 is 14.7 Å². The molecule has 2 aliphatic carbocycles. The fourth-order valence-corrected chi connectivity index (χ4v) is 9.44. The second-order valence-corrected chi connectivity index (χ2v) is 15.2. The van der Waals surface area contributed by atoms with Crippen molar-refractivity contribution in [2.24, 2.45) is 17.8 Å². The van der Waals surface area contributed by atoms with Gasteiger partial charge in [-0.05, 0) is 42.9 Å². The zero-order chi connectivity index (χ0) is 41.2. The maximum absolute atomic E-state index is 15.3. The van der Waals surface area contributed by atoms with Crippen LogP contribution in [0.4, 0.5) is 50.4 Å². The zero-order valence-electron chi connectivity index (χ0n) is 28.8. The number of phenols is 1. The molecular formula is C35H24Cl2F5N5O9. The minimum Gasteiger partial charge on any atom is -0.508 e. The number of fused-ring (bicyclic) bond motifs is 4. The van der Waals surface area contributed by atoms with E-state index in [0.29, 0.717) is 4.90 Å². The highest BCUT2D eigenvalue weighted by molar-refractivity contribution is 6.58. The summed E-state index contributed by atoms with van der Waals surface area (Å²) < 4.78 is 73.6. The maximum Gasteiger partial charge on any atom is 0.301 e. The number of allylic oxidation sites excluding steroid dienone is 2. The van der Waals surface area contributed by atoms with Gasteiger partial charge in [-0.1, -0.05) is 23.8 Å². The van der Waals surface area contributed by atoms with Crippen molar-refractivity contribution >= 4 is 75.3 Å². The summed E-state index contributed by atoms with van der Waals surface area (Å²) in [5, 5.41) is 34.5. The highest BCUT2D eigenvalue weighted by Crippen LogP contribution is 2.66. The molecule has 4 aliphatic rings. The van der Waals surface area contributed by atoms with Gasteiger partial charge in [0.1, 0.15) is 11.4 Å². The van der Waals surface area contributed by atoms with Crippen molar-refractivity contribution in [2.45, 2.75) is 35.4 Å². The predicted octanol–water partition coefficient (Wildman–Crippen LogP) is 6.05. The summed E-state index contributed by atoms with van der Waals surface area (Å²) in [6.45, 7) is 1.44. The molecule has 0 bridgehead atoms. The molecule has 1 saturated carbocycles. The Labute approximate surface area is 320 Å². The van der Waals surface area contributed by atoms with Crippen LogP contribution in [0.3, 0.4) is 0 Å². The van der Waals surface area contributed by atoms with E-state index in [9.17, 15) is 57.7 Å². The number of halogens is 7. The van der Waals surface area contributed by atoms with Gasteiger partial charge < -0.3 is 10.0 Å². The van der Waals surface area contributed by atoms with Gasteiger partial charge in [0.05, 0.1) is 27.4 Å². The van der Waals surface area contributed by atoms with Gasteiger partial charge in [-0.15, -0.1) is 23.2 Å². The number of alkyl halides is 2. The van der Waals surface area contributed by atoms with Crippen molar-refractivity contribution in [2.75, 3.05) is 28.8 Å². The Bertz CT molecular complexity index is 2370. The van der Waals surface area contributed by atoms with Crippen LogP contribution in [-0.2, 0) is 19.2 Å². The molecule has 7 rings (SSSR count). The zero-order valence-corrected chi connectivity index (χ0v) is 30.3. The molecule has 292 valence electrons. The van der Waals surface area contributed by atoms with Crippen molar-refractivity contribution < 1.29 is 56.1 Å². The summed E-state index contributed by atoms with van der Waals surface area (Å²) in [6.07, 6.45) is 0.325. The molecule has 4 amide bonds. The van der Waals surface area contributed by atoms with Gasteiger partial charge in [0.25, 0.3) is 11.8 Å². The molecule has 3 fully saturated rings. The summed E-state index contributed by atoms with van der Waals surface area (Å²) in [6, 6.07) is 5.39. The summed E-state index contributed by atoms with van der Waals surface area (Å²) in [7, 11) is 2.61. The minimum absolute atomic E-state index is 0.0503. The average Bonchev–Trinajstić information content (AvgIpc) is 3.48. The highest BCUT2D eigenvalue weighted by Gasteiger charge is 2.77. The van der Waals surface area contributed by atoms with E-state index in [2.05, 4.69) is 0 Å². The average molecular weight is 824 g/mol. The first-order valence-corrected chi connectivity index (χ1v) is 17.2. The number of amides is 4. The Balaban J connectivity index is 1.42. The lowest BCUT2D eigenvalue weighted by molar-refractivity contribution is -0.392. The smallest absolute Gasteiger partial charge is 0.301 e. The first-order chi connectivity index (χ1) is 26.1. The Morgan fingerprint density at radius 1 is 0.821 bits per heavy atom. The molecule has 2 aliphatic heterocycles. The van der Waals surface area contributed by atoms with E-state index in [0.717, 1.165) is 17.0 Å². The third-order valence-corrected chi connectivity index (χ3v) is 12.3. The topological polar surface area (TPSA) is 185 Å². The number of imide groups is 2. The molecule has 3 aromatic rings. The van der Waals surface area contributed by atoms with Gasteiger partial charge in [0.15, 0.2) is 38.7 Å². The largest absolute Gasteiger partial charge is 0.508 e. The number of phenolic OH excluding ortho intramolecular Hbond substituents is 1. The first kappa shape index (κ1) is 38.6. The number of aromatic hydroxyl groups is 1. The molecule has 2 saturated heterocycles. The van der Waals surface area contributed by atoms with Gasteiger partial charge in [-0.2, -0.15) is 0 Å². The van der Waals surface area contributed by atoms with Crippen molar-refractivity contribution in [1.82, 2.24) is 0 Å². The standard InChI is InChI=1S/C35H24Cl2F5N5O9/c1-12-8-13(4-7-20(12)48)22-15-5-6-16-21(31(50)44(30(16)49)14-9-18(46(53)54)28(43(2)3)19(10-14)47(55)56)17(15)11-34(36)32(51)45(33(52)35(22,34)37)29-26(41)24(39)23(38)25(40)27(29)42/h4-5,7-10,16-17,21-22,48H,6,11H2,1-3H3/t16-,17+,21-,22-,34+,35-/m0/s1. The Kier molecular flexibility index (Phi) is 8.73. The monoisotopic (exact) mass is 823 g/mol. The molecule has 0 spiro atoms. The lowest BCUT2D eigenvalue weighted by Crippen LogP contribution is -2.60. The number of carbonyl (C=O) groups is 4. The quantitative estimate of drug-likeness (QED) is 0.0449. The van der Waals surface area contributed by atoms with E-state index in [4.69, 9.17) is 23.2 Å². The molecule has 3 aromatic carbocycles. The number of nitro benzene ring substituents is 2. The van der Waals surface area contributed by atoms with Crippen molar-refractivity contribution in [1.29, 1.82) is 0 Å². The van der Waals surface area contributed by atoms with E-state index in [1.165, 1.54) is 45.3 Å². The molecule has 0 unspecified atom stereocenters. The Hall–Kier alpha value is -5.69. The van der Waals surface area contributed by atoms with Gasteiger partial charge >= 0.3 is 11.4 Å². The first-order valence-electron chi connectivity index (χ1n) is 16.4. The maximum atomic E-state index is 15.3. The number of aryl methyl sites for hydroxylation is 1. The lowest BCUT2D eigenvalue weighted by atomic mass is 9.56. The Morgan fingerprint density at radius 3 is 1.89 bits per heavy atom. The van der Waals surface area contributed by atoms with Crippen molar-refractivity contribution in [3.05, 3.63) is 102 Å². The SMILES string of the molecule is Cc1cc([C@H]2C3=CC[C@@H]4C(=O)N(c5cc([N+](=O)[O-])c(N(C)C)c([N+](=O)[O-])c5)C(=O)[C@@H]4[C@@H]3C[C@@]3(Cl)C(=O)N(c4c(F)c(F)c(F)c(F)c4F)C(=O)[C@@]23Cl)ccc1O. The van der Waals surface area contributed by atoms with Crippen molar-refractivity contribution in [3.8, 4) is 5.75 Å². The van der Waals surface area contributed by atoms with E-state index < -0.39 is 131 Å². The third kappa shape index (κ3) is 4.92. The lowest BCUT2D eigenvalue weighted by Gasteiger charge is -2.50. The fraction of sp³-hybridized carbons (Fsp3) is 0.314. The molecule has 56 heavy (non-hydrogen) atoms. The molecule has 0 radical (unpaired) electrons. The van der Waals surface area contributed by atoms with Crippen LogP contribution >= 0.6 is 23.2 Å².